The Balaban J connectivity index is 1.58. The van der Waals surface area contributed by atoms with Gasteiger partial charge in [-0.15, -0.1) is 0 Å². The van der Waals surface area contributed by atoms with Gasteiger partial charge in [0.05, 0.1) is 0 Å². The lowest BCUT2D eigenvalue weighted by atomic mass is 9.73. The van der Waals surface area contributed by atoms with Crippen LogP contribution in [0.25, 0.3) is 0 Å². The van der Waals surface area contributed by atoms with Crippen LogP contribution < -0.4 is 10.6 Å². The molecule has 122 valence electrons. The van der Waals surface area contributed by atoms with Crippen molar-refractivity contribution in [1.29, 1.82) is 0 Å². The van der Waals surface area contributed by atoms with Crippen LogP contribution in [0.2, 0.25) is 0 Å². The standard InChI is InChI=1S/C19H36N2/c1-19(2)12-7-8-15(14-19)21-18-11-4-3-9-16(18)17-10-5-6-13-20-17/h15-18,20-21H,3-14H2,1-2H3. The molecular formula is C19H36N2. The Hall–Kier alpha value is -0.0800. The van der Waals surface area contributed by atoms with Crippen LogP contribution in [0.3, 0.4) is 0 Å². The second-order valence-corrected chi connectivity index (χ2v) is 8.74. The Morgan fingerprint density at radius 1 is 0.905 bits per heavy atom. The molecule has 2 heteroatoms. The van der Waals surface area contributed by atoms with Crippen molar-refractivity contribution in [3.63, 3.8) is 0 Å². The summed E-state index contributed by atoms with van der Waals surface area (Å²) in [5, 5.41) is 7.95. The molecule has 3 rings (SSSR count). The molecule has 2 nitrogen and oxygen atoms in total. The van der Waals surface area contributed by atoms with Crippen LogP contribution in [0.5, 0.6) is 0 Å². The molecule has 0 aromatic rings. The van der Waals surface area contributed by atoms with E-state index < -0.39 is 0 Å². The third-order valence-electron chi connectivity index (χ3n) is 6.34. The minimum absolute atomic E-state index is 0.559. The van der Waals surface area contributed by atoms with Crippen molar-refractivity contribution in [3.8, 4) is 0 Å². The fraction of sp³-hybridized carbons (Fsp3) is 1.00. The van der Waals surface area contributed by atoms with Crippen molar-refractivity contribution in [3.05, 3.63) is 0 Å². The first kappa shape index (κ1) is 15.8. The van der Waals surface area contributed by atoms with Gasteiger partial charge in [0, 0.05) is 18.1 Å². The lowest BCUT2D eigenvalue weighted by molar-refractivity contribution is 0.136. The lowest BCUT2D eigenvalue weighted by Crippen LogP contribution is -2.53. The van der Waals surface area contributed by atoms with Crippen LogP contribution in [0, 0.1) is 11.3 Å². The summed E-state index contributed by atoms with van der Waals surface area (Å²) in [7, 11) is 0. The highest BCUT2D eigenvalue weighted by molar-refractivity contribution is 4.93. The molecule has 2 saturated carbocycles. The fourth-order valence-corrected chi connectivity index (χ4v) is 5.24. The molecule has 4 atom stereocenters. The molecule has 2 aliphatic carbocycles. The van der Waals surface area contributed by atoms with Crippen molar-refractivity contribution in [2.75, 3.05) is 6.54 Å². The topological polar surface area (TPSA) is 24.1 Å². The van der Waals surface area contributed by atoms with E-state index in [-0.39, 0.29) is 0 Å². The monoisotopic (exact) mass is 292 g/mol. The Bertz CT molecular complexity index is 320. The third kappa shape index (κ3) is 4.22. The van der Waals surface area contributed by atoms with E-state index in [2.05, 4.69) is 24.5 Å². The van der Waals surface area contributed by atoms with Gasteiger partial charge in [0.1, 0.15) is 0 Å². The van der Waals surface area contributed by atoms with E-state index >= 15 is 0 Å². The van der Waals surface area contributed by atoms with E-state index in [0.717, 1.165) is 24.0 Å². The zero-order chi connectivity index (χ0) is 14.7. The van der Waals surface area contributed by atoms with Crippen molar-refractivity contribution in [1.82, 2.24) is 10.6 Å². The molecule has 2 N–H and O–H groups in total. The highest BCUT2D eigenvalue weighted by atomic mass is 15.0. The van der Waals surface area contributed by atoms with E-state index in [4.69, 9.17) is 0 Å². The van der Waals surface area contributed by atoms with E-state index in [9.17, 15) is 0 Å². The average molecular weight is 293 g/mol. The van der Waals surface area contributed by atoms with Crippen LogP contribution in [-0.2, 0) is 0 Å². The molecule has 3 aliphatic rings. The molecule has 0 spiro atoms. The number of hydrogen-bond acceptors (Lipinski definition) is 2. The molecule has 3 fully saturated rings. The first-order valence-corrected chi connectivity index (χ1v) is 9.63. The van der Waals surface area contributed by atoms with Crippen LogP contribution >= 0.6 is 0 Å². The fourth-order valence-electron chi connectivity index (χ4n) is 5.24. The first-order chi connectivity index (χ1) is 10.1. The van der Waals surface area contributed by atoms with Gasteiger partial charge < -0.3 is 10.6 Å². The maximum atomic E-state index is 4.12. The van der Waals surface area contributed by atoms with E-state index in [1.807, 2.05) is 0 Å². The maximum Gasteiger partial charge on any atom is 0.0113 e. The van der Waals surface area contributed by atoms with Gasteiger partial charge in [0.15, 0.2) is 0 Å². The summed E-state index contributed by atoms with van der Waals surface area (Å²) in [5.74, 6) is 0.893. The number of rotatable bonds is 3. The van der Waals surface area contributed by atoms with Gasteiger partial charge in [0.2, 0.25) is 0 Å². The summed E-state index contributed by atoms with van der Waals surface area (Å²) >= 11 is 0. The lowest BCUT2D eigenvalue weighted by Gasteiger charge is -2.44. The van der Waals surface area contributed by atoms with Gasteiger partial charge in [-0.25, -0.2) is 0 Å². The minimum Gasteiger partial charge on any atom is -0.314 e. The zero-order valence-corrected chi connectivity index (χ0v) is 14.3. The quantitative estimate of drug-likeness (QED) is 0.813. The minimum atomic E-state index is 0.559. The molecule has 0 aromatic carbocycles. The van der Waals surface area contributed by atoms with Gasteiger partial charge in [-0.2, -0.15) is 0 Å². The molecule has 1 heterocycles. The Labute approximate surface area is 131 Å². The number of nitrogens with one attached hydrogen (secondary N) is 2. The van der Waals surface area contributed by atoms with Crippen molar-refractivity contribution in [2.45, 2.75) is 103 Å². The van der Waals surface area contributed by atoms with Gasteiger partial charge in [-0.1, -0.05) is 39.5 Å². The van der Waals surface area contributed by atoms with E-state index in [1.54, 1.807) is 0 Å². The van der Waals surface area contributed by atoms with Crippen LogP contribution in [0.4, 0.5) is 0 Å². The molecule has 0 radical (unpaired) electrons. The number of piperidine rings is 1. The number of hydrogen-bond donors (Lipinski definition) is 2. The van der Waals surface area contributed by atoms with Crippen LogP contribution in [0.1, 0.15) is 84.5 Å². The largest absolute Gasteiger partial charge is 0.314 e. The third-order valence-corrected chi connectivity index (χ3v) is 6.34. The predicted octanol–water partition coefficient (Wildman–Crippen LogP) is 4.25. The second-order valence-electron chi connectivity index (χ2n) is 8.74. The van der Waals surface area contributed by atoms with Gasteiger partial charge in [-0.05, 0) is 62.8 Å². The summed E-state index contributed by atoms with van der Waals surface area (Å²) < 4.78 is 0. The smallest absolute Gasteiger partial charge is 0.0113 e. The Morgan fingerprint density at radius 2 is 1.71 bits per heavy atom. The van der Waals surface area contributed by atoms with Gasteiger partial charge in [0.25, 0.3) is 0 Å². The maximum absolute atomic E-state index is 4.12. The zero-order valence-electron chi connectivity index (χ0n) is 14.3. The Kier molecular flexibility index (Phi) is 5.27. The molecular weight excluding hydrogens is 256 g/mol. The molecule has 0 amide bonds. The SMILES string of the molecule is CC1(C)CCCC(NC2CCCCC2C2CCCCN2)C1. The summed E-state index contributed by atoms with van der Waals surface area (Å²) in [4.78, 5) is 0. The first-order valence-electron chi connectivity index (χ1n) is 9.63. The molecule has 21 heavy (non-hydrogen) atoms. The molecule has 4 unspecified atom stereocenters. The summed E-state index contributed by atoms with van der Waals surface area (Å²) in [6.07, 6.45) is 15.6. The second kappa shape index (κ2) is 7.00. The van der Waals surface area contributed by atoms with Crippen molar-refractivity contribution >= 4 is 0 Å². The highest BCUT2D eigenvalue weighted by Crippen LogP contribution is 2.37. The molecule has 1 saturated heterocycles. The van der Waals surface area contributed by atoms with Crippen molar-refractivity contribution in [2.24, 2.45) is 11.3 Å². The van der Waals surface area contributed by atoms with Crippen LogP contribution in [-0.4, -0.2) is 24.7 Å². The molecule has 0 aromatic heterocycles. The van der Waals surface area contributed by atoms with E-state index in [0.29, 0.717) is 5.41 Å². The highest BCUT2D eigenvalue weighted by Gasteiger charge is 2.35. The summed E-state index contributed by atoms with van der Waals surface area (Å²) in [5.41, 5.74) is 0.559. The summed E-state index contributed by atoms with van der Waals surface area (Å²) in [6, 6.07) is 2.37. The normalized spacial score (nSPS) is 40.9. The molecule has 1 aliphatic heterocycles. The van der Waals surface area contributed by atoms with Gasteiger partial charge >= 0.3 is 0 Å². The van der Waals surface area contributed by atoms with E-state index in [1.165, 1.54) is 77.2 Å². The van der Waals surface area contributed by atoms with Crippen LogP contribution in [0.15, 0.2) is 0 Å². The van der Waals surface area contributed by atoms with Gasteiger partial charge in [-0.3, -0.25) is 0 Å². The van der Waals surface area contributed by atoms with Crippen molar-refractivity contribution < 1.29 is 0 Å². The molecule has 0 bridgehead atoms. The Morgan fingerprint density at radius 3 is 2.48 bits per heavy atom. The predicted molar refractivity (Wildman–Crippen MR) is 90.6 cm³/mol. The summed E-state index contributed by atoms with van der Waals surface area (Å²) in [6.45, 7) is 6.17. The average Bonchev–Trinajstić information content (AvgIpc) is 2.48.